The van der Waals surface area contributed by atoms with E-state index in [1.165, 1.54) is 0 Å². The van der Waals surface area contributed by atoms with Crippen LogP contribution in [-0.4, -0.2) is 53.3 Å². The number of halogens is 1. The van der Waals surface area contributed by atoms with E-state index in [0.717, 1.165) is 37.6 Å². The van der Waals surface area contributed by atoms with Crippen molar-refractivity contribution in [1.29, 1.82) is 0 Å². The molecule has 0 aliphatic carbocycles. The van der Waals surface area contributed by atoms with Crippen molar-refractivity contribution < 1.29 is 5.11 Å². The van der Waals surface area contributed by atoms with Crippen LogP contribution >= 0.6 is 11.6 Å². The molecule has 0 bridgehead atoms. The fourth-order valence-electron chi connectivity index (χ4n) is 2.51. The lowest BCUT2D eigenvalue weighted by atomic mass is 10.1. The van der Waals surface area contributed by atoms with Crippen molar-refractivity contribution in [2.24, 2.45) is 5.73 Å². The van der Waals surface area contributed by atoms with Crippen LogP contribution < -0.4 is 10.6 Å². The highest BCUT2D eigenvalue weighted by Crippen LogP contribution is 2.27. The highest BCUT2D eigenvalue weighted by Gasteiger charge is 2.24. The molecular weight excluding hydrogens is 276 g/mol. The second-order valence-corrected chi connectivity index (χ2v) is 6.27. The zero-order valence-corrected chi connectivity index (χ0v) is 12.9. The smallest absolute Gasteiger partial charge is 0.147 e. The predicted molar refractivity (Wildman–Crippen MR) is 82.1 cm³/mol. The summed E-state index contributed by atoms with van der Waals surface area (Å²) in [6.45, 7) is 8.29. The van der Waals surface area contributed by atoms with Gasteiger partial charge in [-0.1, -0.05) is 11.6 Å². The van der Waals surface area contributed by atoms with Crippen LogP contribution in [0.2, 0.25) is 5.02 Å². The molecule has 0 spiro atoms. The Morgan fingerprint density at radius 1 is 1.35 bits per heavy atom. The highest BCUT2D eigenvalue weighted by atomic mass is 35.5. The number of anilines is 1. The second-order valence-electron chi connectivity index (χ2n) is 5.89. The molecule has 5 nitrogen and oxygen atoms in total. The van der Waals surface area contributed by atoms with Crippen molar-refractivity contribution in [1.82, 2.24) is 9.88 Å². The molecule has 1 aliphatic rings. The highest BCUT2D eigenvalue weighted by molar-refractivity contribution is 6.33. The van der Waals surface area contributed by atoms with E-state index in [1.54, 1.807) is 6.20 Å². The topological polar surface area (TPSA) is 65.6 Å². The Labute approximate surface area is 125 Å². The fourth-order valence-corrected chi connectivity index (χ4v) is 2.82. The van der Waals surface area contributed by atoms with Crippen molar-refractivity contribution >= 4 is 17.4 Å². The first-order chi connectivity index (χ1) is 9.40. The molecule has 3 N–H and O–H groups in total. The van der Waals surface area contributed by atoms with Gasteiger partial charge in [0.2, 0.25) is 0 Å². The molecule has 2 heterocycles. The van der Waals surface area contributed by atoms with Gasteiger partial charge in [-0.3, -0.25) is 4.90 Å². The zero-order valence-electron chi connectivity index (χ0n) is 12.1. The van der Waals surface area contributed by atoms with E-state index >= 15 is 0 Å². The second kappa shape index (κ2) is 6.26. The average Bonchev–Trinajstić information content (AvgIpc) is 2.38. The summed E-state index contributed by atoms with van der Waals surface area (Å²) in [5.74, 6) is 0.817. The number of rotatable bonds is 4. The van der Waals surface area contributed by atoms with Crippen LogP contribution in [0.3, 0.4) is 0 Å². The van der Waals surface area contributed by atoms with E-state index in [4.69, 9.17) is 17.3 Å². The lowest BCUT2D eigenvalue weighted by molar-refractivity contribution is 0.0344. The number of nitrogens with zero attached hydrogens (tertiary/aromatic N) is 3. The molecule has 0 atom stereocenters. The van der Waals surface area contributed by atoms with Gasteiger partial charge >= 0.3 is 0 Å². The van der Waals surface area contributed by atoms with Gasteiger partial charge in [0.05, 0.1) is 10.6 Å². The molecule has 6 heteroatoms. The Kier molecular flexibility index (Phi) is 4.86. The van der Waals surface area contributed by atoms with Crippen LogP contribution in [0.15, 0.2) is 12.3 Å². The van der Waals surface area contributed by atoms with E-state index in [-0.39, 0.29) is 0 Å². The quantitative estimate of drug-likeness (QED) is 0.871. The van der Waals surface area contributed by atoms with Gasteiger partial charge in [0.25, 0.3) is 0 Å². The third kappa shape index (κ3) is 3.82. The van der Waals surface area contributed by atoms with E-state index in [2.05, 4.69) is 14.8 Å². The van der Waals surface area contributed by atoms with Gasteiger partial charge in [-0.15, -0.1) is 0 Å². The molecular formula is C14H23ClN4O. The first-order valence-corrected chi connectivity index (χ1v) is 7.31. The van der Waals surface area contributed by atoms with Crippen LogP contribution in [-0.2, 0) is 6.54 Å². The number of hydrogen-bond donors (Lipinski definition) is 2. The van der Waals surface area contributed by atoms with Crippen LogP contribution in [0.4, 0.5) is 5.82 Å². The molecule has 20 heavy (non-hydrogen) atoms. The molecule has 112 valence electrons. The zero-order chi connectivity index (χ0) is 14.8. The molecule has 0 aromatic carbocycles. The van der Waals surface area contributed by atoms with Gasteiger partial charge < -0.3 is 15.7 Å². The molecule has 0 saturated carbocycles. The summed E-state index contributed by atoms with van der Waals surface area (Å²) in [6.07, 6.45) is 1.76. The summed E-state index contributed by atoms with van der Waals surface area (Å²) < 4.78 is 0. The molecule has 1 aromatic heterocycles. The number of pyridine rings is 1. The van der Waals surface area contributed by atoms with Crippen LogP contribution in [0, 0.1) is 0 Å². The summed E-state index contributed by atoms with van der Waals surface area (Å²) in [7, 11) is 0. The lowest BCUT2D eigenvalue weighted by Crippen LogP contribution is -2.50. The van der Waals surface area contributed by atoms with Crippen molar-refractivity contribution in [3.63, 3.8) is 0 Å². The summed E-state index contributed by atoms with van der Waals surface area (Å²) in [6, 6.07) is 1.86. The molecule has 0 amide bonds. The van der Waals surface area contributed by atoms with Gasteiger partial charge in [-0.2, -0.15) is 0 Å². The number of aromatic nitrogens is 1. The maximum absolute atomic E-state index is 9.86. The first kappa shape index (κ1) is 15.5. The minimum Gasteiger partial charge on any atom is -0.389 e. The predicted octanol–water partition coefficient (Wildman–Crippen LogP) is 1.09. The Hall–Kier alpha value is -0.880. The molecule has 2 rings (SSSR count). The standard InChI is InChI=1S/C14H23ClN4O/c1-14(2,20)10-18-5-7-19(8-6-18)13-12(15)11(9-16)3-4-17-13/h3-4,20H,5-10,16H2,1-2H3. The van der Waals surface area contributed by atoms with Crippen molar-refractivity contribution in [2.45, 2.75) is 26.0 Å². The van der Waals surface area contributed by atoms with Gasteiger partial charge in [-0.25, -0.2) is 4.98 Å². The fraction of sp³-hybridized carbons (Fsp3) is 0.643. The summed E-state index contributed by atoms with van der Waals surface area (Å²) in [4.78, 5) is 8.82. The van der Waals surface area contributed by atoms with Crippen LogP contribution in [0.25, 0.3) is 0 Å². The normalized spacial score (nSPS) is 17.6. The average molecular weight is 299 g/mol. The maximum atomic E-state index is 9.86. The SMILES string of the molecule is CC(C)(O)CN1CCN(c2nccc(CN)c2Cl)CC1. The number of hydrogen-bond acceptors (Lipinski definition) is 5. The third-order valence-corrected chi connectivity index (χ3v) is 3.86. The summed E-state index contributed by atoms with van der Waals surface area (Å²) in [5.41, 5.74) is 5.95. The van der Waals surface area contributed by atoms with Crippen LogP contribution in [0.1, 0.15) is 19.4 Å². The van der Waals surface area contributed by atoms with E-state index in [1.807, 2.05) is 19.9 Å². The van der Waals surface area contributed by atoms with Crippen molar-refractivity contribution in [3.8, 4) is 0 Å². The van der Waals surface area contributed by atoms with E-state index in [0.29, 0.717) is 18.1 Å². The Morgan fingerprint density at radius 2 is 2.00 bits per heavy atom. The molecule has 1 saturated heterocycles. The lowest BCUT2D eigenvalue weighted by Gasteiger charge is -2.38. The molecule has 1 aliphatic heterocycles. The summed E-state index contributed by atoms with van der Waals surface area (Å²) in [5, 5.41) is 10.5. The molecule has 0 unspecified atom stereocenters. The minimum absolute atomic E-state index is 0.424. The third-order valence-electron chi connectivity index (χ3n) is 3.45. The Balaban J connectivity index is 2.01. The largest absolute Gasteiger partial charge is 0.389 e. The number of nitrogens with two attached hydrogens (primary N) is 1. The first-order valence-electron chi connectivity index (χ1n) is 6.94. The van der Waals surface area contributed by atoms with Gasteiger partial charge in [0.1, 0.15) is 5.82 Å². The molecule has 1 fully saturated rings. The van der Waals surface area contributed by atoms with Crippen molar-refractivity contribution in [3.05, 3.63) is 22.8 Å². The van der Waals surface area contributed by atoms with E-state index in [9.17, 15) is 5.11 Å². The maximum Gasteiger partial charge on any atom is 0.147 e. The van der Waals surface area contributed by atoms with Crippen molar-refractivity contribution in [2.75, 3.05) is 37.6 Å². The number of β-amino-alcohol motifs (C(OH)–C–C–N with tert-alkyl or cyclic N) is 1. The minimum atomic E-state index is -0.655. The number of piperazine rings is 1. The Morgan fingerprint density at radius 3 is 2.55 bits per heavy atom. The monoisotopic (exact) mass is 298 g/mol. The molecule has 1 aromatic rings. The Bertz CT molecular complexity index is 453. The molecule has 0 radical (unpaired) electrons. The number of aliphatic hydroxyl groups is 1. The van der Waals surface area contributed by atoms with Gasteiger partial charge in [0, 0.05) is 45.5 Å². The van der Waals surface area contributed by atoms with Gasteiger partial charge in [0.15, 0.2) is 0 Å². The van der Waals surface area contributed by atoms with Crippen LogP contribution in [0.5, 0.6) is 0 Å². The van der Waals surface area contributed by atoms with Gasteiger partial charge in [-0.05, 0) is 25.5 Å². The van der Waals surface area contributed by atoms with E-state index < -0.39 is 5.60 Å². The summed E-state index contributed by atoms with van der Waals surface area (Å²) >= 11 is 6.35.